The highest BCUT2D eigenvalue weighted by atomic mass is 16.2. The Morgan fingerprint density at radius 3 is 2.72 bits per heavy atom. The van der Waals surface area contributed by atoms with Gasteiger partial charge in [0.1, 0.15) is 0 Å². The second-order valence-electron chi connectivity index (χ2n) is 6.41. The predicted molar refractivity (Wildman–Crippen MR) is 100.0 cm³/mol. The number of carbonyl (C=O) groups excluding carboxylic acids is 1. The number of para-hydroxylation sites is 1. The fraction of sp³-hybridized carbons (Fsp3) is 0.200. The predicted octanol–water partition coefficient (Wildman–Crippen LogP) is 2.91. The number of amides is 1. The molecule has 1 amide bonds. The van der Waals surface area contributed by atoms with Crippen molar-refractivity contribution in [3.63, 3.8) is 0 Å². The van der Waals surface area contributed by atoms with Gasteiger partial charge in [-0.15, -0.1) is 0 Å². The molecule has 0 unspecified atom stereocenters. The number of likely N-dealkylation sites (tertiary alicyclic amines) is 1. The zero-order valence-corrected chi connectivity index (χ0v) is 13.9. The van der Waals surface area contributed by atoms with Crippen LogP contribution in [0.5, 0.6) is 0 Å². The lowest BCUT2D eigenvalue weighted by molar-refractivity contribution is 0.0791. The minimum Gasteiger partial charge on any atom is -0.337 e. The molecule has 1 aromatic heterocycles. The van der Waals surface area contributed by atoms with Crippen LogP contribution in [0.4, 0.5) is 0 Å². The molecule has 3 aromatic rings. The summed E-state index contributed by atoms with van der Waals surface area (Å²) >= 11 is 0. The van der Waals surface area contributed by atoms with Gasteiger partial charge in [-0.2, -0.15) is 5.10 Å². The van der Waals surface area contributed by atoms with E-state index in [9.17, 15) is 4.79 Å². The Kier molecular flexibility index (Phi) is 4.07. The molecule has 4 rings (SSSR count). The normalized spacial score (nSPS) is 17.6. The zero-order chi connectivity index (χ0) is 17.2. The first-order valence-electron chi connectivity index (χ1n) is 8.47. The fourth-order valence-corrected chi connectivity index (χ4v) is 3.18. The Morgan fingerprint density at radius 1 is 1.16 bits per heavy atom. The van der Waals surface area contributed by atoms with Gasteiger partial charge in [-0.25, -0.2) is 0 Å². The minimum atomic E-state index is 0.0572. The molecule has 0 radical (unpaired) electrons. The Balaban J connectivity index is 1.49. The van der Waals surface area contributed by atoms with Crippen LogP contribution < -0.4 is 5.73 Å². The summed E-state index contributed by atoms with van der Waals surface area (Å²) in [7, 11) is 0. The van der Waals surface area contributed by atoms with Crippen LogP contribution in [0.3, 0.4) is 0 Å². The number of fused-ring (bicyclic) bond motifs is 1. The van der Waals surface area contributed by atoms with E-state index in [1.54, 1.807) is 0 Å². The largest absolute Gasteiger partial charge is 0.337 e. The molecule has 5 heteroatoms. The Morgan fingerprint density at radius 2 is 1.96 bits per heavy atom. The van der Waals surface area contributed by atoms with Gasteiger partial charge < -0.3 is 10.6 Å². The Bertz CT molecular complexity index is 926. The number of hydrogen-bond donors (Lipinski definition) is 2. The van der Waals surface area contributed by atoms with Gasteiger partial charge in [-0.05, 0) is 36.3 Å². The van der Waals surface area contributed by atoms with E-state index in [2.05, 4.69) is 10.2 Å². The van der Waals surface area contributed by atoms with Gasteiger partial charge in [-0.3, -0.25) is 9.89 Å². The maximum atomic E-state index is 12.4. The lowest BCUT2D eigenvalue weighted by Crippen LogP contribution is -2.31. The number of carbonyl (C=O) groups is 1. The van der Waals surface area contributed by atoms with Crippen molar-refractivity contribution in [2.75, 3.05) is 13.1 Å². The summed E-state index contributed by atoms with van der Waals surface area (Å²) in [4.78, 5) is 14.3. The molecule has 5 nitrogen and oxygen atoms in total. The molecular formula is C20H20N4O. The number of rotatable bonds is 3. The molecule has 0 bridgehead atoms. The van der Waals surface area contributed by atoms with E-state index in [0.29, 0.717) is 12.1 Å². The first kappa shape index (κ1) is 15.6. The van der Waals surface area contributed by atoms with E-state index in [4.69, 9.17) is 5.73 Å². The molecule has 1 aliphatic rings. The topological polar surface area (TPSA) is 75.0 Å². The van der Waals surface area contributed by atoms with E-state index in [1.807, 2.05) is 65.6 Å². The molecule has 1 saturated heterocycles. The van der Waals surface area contributed by atoms with Gasteiger partial charge >= 0.3 is 0 Å². The molecular weight excluding hydrogens is 312 g/mol. The number of hydrogen-bond acceptors (Lipinski definition) is 3. The third kappa shape index (κ3) is 3.19. The van der Waals surface area contributed by atoms with Crippen LogP contribution in [0.2, 0.25) is 0 Å². The summed E-state index contributed by atoms with van der Waals surface area (Å²) in [5, 5.41) is 8.45. The van der Waals surface area contributed by atoms with Crippen molar-refractivity contribution in [2.24, 2.45) is 5.73 Å². The average Bonchev–Trinajstić information content (AvgIpc) is 3.26. The molecule has 1 fully saturated rings. The summed E-state index contributed by atoms with van der Waals surface area (Å²) in [5.41, 5.74) is 9.54. The standard InChI is InChI=1S/C20H20N4O/c21-16-11-12-24(13-16)20(25)15-8-5-14(6-9-15)7-10-19-17-3-1-2-4-18(17)22-23-19/h1-10,16H,11-13,21H2,(H,22,23)/b10-7+/t16-/m0/s1. The van der Waals surface area contributed by atoms with Crippen molar-refractivity contribution in [3.05, 3.63) is 65.4 Å². The quantitative estimate of drug-likeness (QED) is 0.774. The molecule has 0 aliphatic carbocycles. The smallest absolute Gasteiger partial charge is 0.253 e. The minimum absolute atomic E-state index is 0.0572. The van der Waals surface area contributed by atoms with E-state index in [-0.39, 0.29) is 11.9 Å². The SMILES string of the molecule is N[C@H]1CCN(C(=O)c2ccc(/C=C/c3n[nH]c4ccccc34)cc2)C1. The van der Waals surface area contributed by atoms with Crippen LogP contribution >= 0.6 is 0 Å². The molecule has 3 N–H and O–H groups in total. The van der Waals surface area contributed by atoms with Gasteiger partial charge in [0.25, 0.3) is 5.91 Å². The van der Waals surface area contributed by atoms with Gasteiger partial charge in [0.15, 0.2) is 0 Å². The van der Waals surface area contributed by atoms with Gasteiger partial charge in [0, 0.05) is 30.1 Å². The number of aromatic nitrogens is 2. The van der Waals surface area contributed by atoms with Crippen LogP contribution in [0.15, 0.2) is 48.5 Å². The van der Waals surface area contributed by atoms with Crippen LogP contribution in [0, 0.1) is 0 Å². The summed E-state index contributed by atoms with van der Waals surface area (Å²) in [6, 6.07) is 15.8. The first-order valence-corrected chi connectivity index (χ1v) is 8.47. The van der Waals surface area contributed by atoms with Crippen molar-refractivity contribution >= 4 is 29.0 Å². The molecule has 0 saturated carbocycles. The number of nitrogens with one attached hydrogen (secondary N) is 1. The van der Waals surface area contributed by atoms with Crippen LogP contribution in [0.25, 0.3) is 23.1 Å². The number of H-pyrrole nitrogens is 1. The lowest BCUT2D eigenvalue weighted by Gasteiger charge is -2.15. The number of nitrogens with zero attached hydrogens (tertiary/aromatic N) is 2. The molecule has 1 aliphatic heterocycles. The van der Waals surface area contributed by atoms with Crippen molar-refractivity contribution in [3.8, 4) is 0 Å². The summed E-state index contributed by atoms with van der Waals surface area (Å²) in [6.45, 7) is 1.39. The monoisotopic (exact) mass is 332 g/mol. The average molecular weight is 332 g/mol. The maximum absolute atomic E-state index is 12.4. The third-order valence-electron chi connectivity index (χ3n) is 4.60. The maximum Gasteiger partial charge on any atom is 0.253 e. The molecule has 2 heterocycles. The van der Waals surface area contributed by atoms with E-state index >= 15 is 0 Å². The summed E-state index contributed by atoms with van der Waals surface area (Å²) in [5.74, 6) is 0.0572. The summed E-state index contributed by atoms with van der Waals surface area (Å²) < 4.78 is 0. The van der Waals surface area contributed by atoms with Crippen LogP contribution in [-0.2, 0) is 0 Å². The highest BCUT2D eigenvalue weighted by molar-refractivity contribution is 5.95. The highest BCUT2D eigenvalue weighted by Crippen LogP contribution is 2.18. The van der Waals surface area contributed by atoms with Crippen LogP contribution in [-0.4, -0.2) is 40.1 Å². The van der Waals surface area contributed by atoms with Gasteiger partial charge in [0.05, 0.1) is 11.2 Å². The number of nitrogens with two attached hydrogens (primary N) is 1. The molecule has 1 atom stereocenters. The van der Waals surface area contributed by atoms with Crippen molar-refractivity contribution in [1.29, 1.82) is 0 Å². The fourth-order valence-electron chi connectivity index (χ4n) is 3.18. The highest BCUT2D eigenvalue weighted by Gasteiger charge is 2.24. The van der Waals surface area contributed by atoms with Crippen molar-refractivity contribution < 1.29 is 4.79 Å². The van der Waals surface area contributed by atoms with Crippen molar-refractivity contribution in [1.82, 2.24) is 15.1 Å². The van der Waals surface area contributed by atoms with E-state index in [0.717, 1.165) is 35.1 Å². The van der Waals surface area contributed by atoms with Gasteiger partial charge in [-0.1, -0.05) is 36.4 Å². The molecule has 126 valence electrons. The second kappa shape index (κ2) is 6.53. The molecule has 25 heavy (non-hydrogen) atoms. The van der Waals surface area contributed by atoms with Crippen molar-refractivity contribution in [2.45, 2.75) is 12.5 Å². The van der Waals surface area contributed by atoms with Crippen LogP contribution in [0.1, 0.15) is 28.0 Å². The van der Waals surface area contributed by atoms with E-state index in [1.165, 1.54) is 0 Å². The second-order valence-corrected chi connectivity index (χ2v) is 6.41. The van der Waals surface area contributed by atoms with Gasteiger partial charge in [0.2, 0.25) is 0 Å². The molecule has 2 aromatic carbocycles. The summed E-state index contributed by atoms with van der Waals surface area (Å²) in [6.07, 6.45) is 4.86. The third-order valence-corrected chi connectivity index (χ3v) is 4.60. The first-order chi connectivity index (χ1) is 12.2. The van der Waals surface area contributed by atoms with E-state index < -0.39 is 0 Å². The Hall–Kier alpha value is -2.92. The molecule has 0 spiro atoms. The Labute approximate surface area is 146 Å². The number of aromatic amines is 1. The number of benzene rings is 2. The zero-order valence-electron chi connectivity index (χ0n) is 13.9. The lowest BCUT2D eigenvalue weighted by atomic mass is 10.1.